The quantitative estimate of drug-likeness (QED) is 0.268. The van der Waals surface area contributed by atoms with Gasteiger partial charge in [-0.05, 0) is 81.3 Å². The van der Waals surface area contributed by atoms with E-state index in [2.05, 4.69) is 27.9 Å². The van der Waals surface area contributed by atoms with E-state index in [4.69, 9.17) is 25.8 Å². The van der Waals surface area contributed by atoms with Crippen LogP contribution in [0.15, 0.2) is 40.9 Å². The number of carboxylic acid groups (broad SMARTS) is 1. The molecule has 40 heavy (non-hydrogen) atoms. The van der Waals surface area contributed by atoms with Gasteiger partial charge in [-0.25, -0.2) is 4.98 Å². The molecule has 1 saturated heterocycles. The molecular formula is C30H31ClN4O5. The number of aryl methyl sites for hydroxylation is 2. The number of nitrogens with zero attached hydrogens (tertiary/aromatic N) is 4. The fourth-order valence-corrected chi connectivity index (χ4v) is 6.81. The number of carboxylic acids is 1. The fraction of sp³-hybridized carbons (Fsp3) is 0.400. The van der Waals surface area contributed by atoms with E-state index < -0.39 is 5.97 Å². The number of ether oxygens (including phenoxy) is 1. The summed E-state index contributed by atoms with van der Waals surface area (Å²) in [5, 5.41) is 14.0. The zero-order valence-electron chi connectivity index (χ0n) is 22.7. The molecule has 2 aromatic carbocycles. The molecule has 0 radical (unpaired) electrons. The summed E-state index contributed by atoms with van der Waals surface area (Å²) in [6.45, 7) is 3.82. The van der Waals surface area contributed by atoms with Crippen LogP contribution in [0.2, 0.25) is 5.02 Å². The Morgan fingerprint density at radius 3 is 2.70 bits per heavy atom. The first-order valence-electron chi connectivity index (χ1n) is 13.6. The summed E-state index contributed by atoms with van der Waals surface area (Å²) in [7, 11) is 1.56. The molecule has 3 atom stereocenters. The van der Waals surface area contributed by atoms with Gasteiger partial charge >= 0.3 is 5.97 Å². The Bertz CT molecular complexity index is 1610. The molecule has 1 saturated carbocycles. The Morgan fingerprint density at radius 2 is 2.00 bits per heavy atom. The minimum absolute atomic E-state index is 0.0106. The Kier molecular flexibility index (Phi) is 6.78. The molecule has 2 aliphatic rings. The number of aliphatic carboxylic acids is 1. The Balaban J connectivity index is 1.47. The van der Waals surface area contributed by atoms with Gasteiger partial charge < -0.3 is 23.8 Å². The van der Waals surface area contributed by atoms with Crippen molar-refractivity contribution in [2.24, 2.45) is 5.92 Å². The van der Waals surface area contributed by atoms with Crippen LogP contribution in [0.1, 0.15) is 67.9 Å². The lowest BCUT2D eigenvalue weighted by molar-refractivity contribution is -0.138. The second-order valence-corrected chi connectivity index (χ2v) is 11.2. The van der Waals surface area contributed by atoms with Crippen molar-refractivity contribution in [1.82, 2.24) is 14.7 Å². The summed E-state index contributed by atoms with van der Waals surface area (Å²) in [5.74, 6) is 1.45. The van der Waals surface area contributed by atoms with Crippen molar-refractivity contribution in [1.29, 1.82) is 0 Å². The van der Waals surface area contributed by atoms with Crippen LogP contribution < -0.4 is 9.64 Å². The third-order valence-corrected chi connectivity index (χ3v) is 8.60. The molecule has 2 aromatic heterocycles. The van der Waals surface area contributed by atoms with Crippen molar-refractivity contribution in [2.45, 2.75) is 64.5 Å². The van der Waals surface area contributed by atoms with Gasteiger partial charge in [-0.2, -0.15) is 0 Å². The maximum Gasteiger partial charge on any atom is 0.303 e. The normalized spacial score (nSPS) is 21.1. The smallest absolute Gasteiger partial charge is 0.303 e. The lowest BCUT2D eigenvalue weighted by atomic mass is 10.0. The Labute approximate surface area is 236 Å². The van der Waals surface area contributed by atoms with E-state index in [-0.39, 0.29) is 30.3 Å². The van der Waals surface area contributed by atoms with Crippen molar-refractivity contribution in [2.75, 3.05) is 12.0 Å². The number of amides is 1. The number of hydrogen-bond donors (Lipinski definition) is 1. The average Bonchev–Trinajstić information content (AvgIpc) is 3.68. The summed E-state index contributed by atoms with van der Waals surface area (Å²) < 4.78 is 13.0. The van der Waals surface area contributed by atoms with Crippen LogP contribution in [-0.2, 0) is 9.59 Å². The van der Waals surface area contributed by atoms with Crippen molar-refractivity contribution >= 4 is 40.2 Å². The summed E-state index contributed by atoms with van der Waals surface area (Å²) in [6.07, 6.45) is 3.63. The molecule has 4 aromatic rings. The number of aromatic nitrogens is 3. The number of imidazole rings is 1. The zero-order chi connectivity index (χ0) is 28.1. The third-order valence-electron chi connectivity index (χ3n) is 8.30. The Hall–Kier alpha value is -3.85. The highest BCUT2D eigenvalue weighted by Gasteiger charge is 2.39. The highest BCUT2D eigenvalue weighted by Crippen LogP contribution is 2.45. The maximum absolute atomic E-state index is 13.3. The highest BCUT2D eigenvalue weighted by atomic mass is 35.5. The van der Waals surface area contributed by atoms with Crippen LogP contribution in [0.25, 0.3) is 22.2 Å². The largest absolute Gasteiger partial charge is 0.495 e. The summed E-state index contributed by atoms with van der Waals surface area (Å²) in [5.41, 5.74) is 5.22. The number of carbonyl (C=O) groups excluding carboxylic acids is 1. The van der Waals surface area contributed by atoms with Crippen molar-refractivity contribution in [3.05, 3.63) is 58.7 Å². The number of methoxy groups -OCH3 is 1. The topological polar surface area (TPSA) is 111 Å². The number of carbonyl (C=O) groups is 2. The second kappa shape index (κ2) is 10.3. The van der Waals surface area contributed by atoms with Crippen LogP contribution in [0.3, 0.4) is 0 Å². The minimum atomic E-state index is -0.769. The van der Waals surface area contributed by atoms with E-state index in [9.17, 15) is 14.7 Å². The molecule has 1 aliphatic heterocycles. The number of fused-ring (bicyclic) bond motifs is 1. The number of halogens is 1. The molecule has 0 bridgehead atoms. The second-order valence-electron chi connectivity index (χ2n) is 10.8. The molecule has 1 N–H and O–H groups in total. The van der Waals surface area contributed by atoms with E-state index in [1.165, 1.54) is 0 Å². The molecule has 1 amide bonds. The van der Waals surface area contributed by atoms with Gasteiger partial charge in [-0.15, -0.1) is 0 Å². The molecule has 6 rings (SSSR count). The van der Waals surface area contributed by atoms with E-state index in [1.807, 2.05) is 19.9 Å². The van der Waals surface area contributed by atoms with E-state index in [0.717, 1.165) is 58.7 Å². The zero-order valence-corrected chi connectivity index (χ0v) is 23.4. The summed E-state index contributed by atoms with van der Waals surface area (Å²) >= 11 is 6.45. The molecule has 0 spiro atoms. The molecule has 2 fully saturated rings. The van der Waals surface area contributed by atoms with Gasteiger partial charge in [0.15, 0.2) is 0 Å². The molecular weight excluding hydrogens is 532 g/mol. The van der Waals surface area contributed by atoms with Gasteiger partial charge in [0, 0.05) is 30.1 Å². The lowest BCUT2D eigenvalue weighted by Crippen LogP contribution is -2.29. The number of benzene rings is 2. The number of anilines is 1. The number of rotatable bonds is 7. The summed E-state index contributed by atoms with van der Waals surface area (Å²) in [6, 6.07) is 11.4. The van der Waals surface area contributed by atoms with E-state index in [1.54, 1.807) is 24.1 Å². The molecule has 208 valence electrons. The van der Waals surface area contributed by atoms with Crippen molar-refractivity contribution in [3.63, 3.8) is 0 Å². The first kappa shape index (κ1) is 26.4. The third kappa shape index (κ3) is 4.52. The van der Waals surface area contributed by atoms with Gasteiger partial charge in [0.2, 0.25) is 5.91 Å². The van der Waals surface area contributed by atoms with Crippen LogP contribution in [0, 0.1) is 19.8 Å². The molecule has 1 aliphatic carbocycles. The van der Waals surface area contributed by atoms with Crippen LogP contribution in [-0.4, -0.2) is 38.8 Å². The molecule has 0 unspecified atom stereocenters. The first-order chi connectivity index (χ1) is 19.2. The van der Waals surface area contributed by atoms with Gasteiger partial charge in [0.1, 0.15) is 17.3 Å². The van der Waals surface area contributed by atoms with E-state index >= 15 is 0 Å². The van der Waals surface area contributed by atoms with Crippen molar-refractivity contribution < 1.29 is 24.0 Å². The van der Waals surface area contributed by atoms with Crippen molar-refractivity contribution in [3.8, 4) is 16.9 Å². The van der Waals surface area contributed by atoms with Gasteiger partial charge in [-0.3, -0.25) is 9.59 Å². The number of hydrogen-bond acceptors (Lipinski definition) is 6. The van der Waals surface area contributed by atoms with Gasteiger partial charge in [0.25, 0.3) is 0 Å². The fourth-order valence-electron chi connectivity index (χ4n) is 6.56. The molecule has 9 nitrogen and oxygen atoms in total. The predicted molar refractivity (Wildman–Crippen MR) is 151 cm³/mol. The van der Waals surface area contributed by atoms with Crippen LogP contribution >= 0.6 is 11.6 Å². The van der Waals surface area contributed by atoms with E-state index in [0.29, 0.717) is 29.3 Å². The molecule has 3 heterocycles. The monoisotopic (exact) mass is 562 g/mol. The molecule has 10 heteroatoms. The predicted octanol–water partition coefficient (Wildman–Crippen LogP) is 6.65. The standard InChI is InChI=1S/C30H31ClN4O5/c1-16-29(17(2)40-33-16)19-5-8-24-23(14-19)32-30(35(24)20-6-4-18(12-20)13-28(37)38)25-9-11-27(36)34(25)21-7-10-26(39-3)22(31)15-21/h5,7-8,10,14-15,18,20,25H,4,6,9,11-13H2,1-3H3,(H,37,38)/t18-,20-,25+/m1/s1. The van der Waals surface area contributed by atoms with Gasteiger partial charge in [-0.1, -0.05) is 22.8 Å². The highest BCUT2D eigenvalue weighted by molar-refractivity contribution is 6.32. The minimum Gasteiger partial charge on any atom is -0.495 e. The lowest BCUT2D eigenvalue weighted by Gasteiger charge is -2.27. The first-order valence-corrected chi connectivity index (χ1v) is 14.0. The summed E-state index contributed by atoms with van der Waals surface area (Å²) in [4.78, 5) is 31.7. The van der Waals surface area contributed by atoms with Gasteiger partial charge in [0.05, 0.1) is 34.9 Å². The maximum atomic E-state index is 13.3. The van der Waals surface area contributed by atoms with Crippen LogP contribution in [0.4, 0.5) is 5.69 Å². The van der Waals surface area contributed by atoms with Crippen LogP contribution in [0.5, 0.6) is 5.75 Å². The Morgan fingerprint density at radius 1 is 1.18 bits per heavy atom. The SMILES string of the molecule is COc1ccc(N2C(=O)CC[C@H]2c2nc3cc(-c4c(C)noc4C)ccc3n2[C@@H]2CC[C@@H](CC(=O)O)C2)cc1Cl. The average molecular weight is 563 g/mol.